The first kappa shape index (κ1) is 13.9. The van der Waals surface area contributed by atoms with Crippen LogP contribution >= 0.6 is 0 Å². The Bertz CT molecular complexity index is 544. The zero-order chi connectivity index (χ0) is 13.9. The number of carbonyl (C=O) groups is 1. The second-order valence-corrected chi connectivity index (χ2v) is 7.09. The first-order valence-corrected chi connectivity index (χ1v) is 8.31. The molecule has 19 heavy (non-hydrogen) atoms. The van der Waals surface area contributed by atoms with Crippen LogP contribution < -0.4 is 10.6 Å². The van der Waals surface area contributed by atoms with Gasteiger partial charge in [0.2, 0.25) is 5.91 Å². The topological polar surface area (TPSA) is 75.3 Å². The Morgan fingerprint density at radius 1 is 1.42 bits per heavy atom. The minimum absolute atomic E-state index is 0.0790. The number of anilines is 1. The summed E-state index contributed by atoms with van der Waals surface area (Å²) in [4.78, 5) is 11.9. The van der Waals surface area contributed by atoms with Gasteiger partial charge in [0.1, 0.15) is 15.9 Å². The van der Waals surface area contributed by atoms with Crippen molar-refractivity contribution in [3.63, 3.8) is 0 Å². The van der Waals surface area contributed by atoms with E-state index in [2.05, 4.69) is 10.6 Å². The average Bonchev–Trinajstić information content (AvgIpc) is 2.77. The van der Waals surface area contributed by atoms with Crippen LogP contribution in [-0.4, -0.2) is 38.9 Å². The van der Waals surface area contributed by atoms with Gasteiger partial charge in [-0.3, -0.25) is 4.79 Å². The van der Waals surface area contributed by atoms with Crippen LogP contribution in [0.2, 0.25) is 0 Å². The highest BCUT2D eigenvalue weighted by Gasteiger charge is 2.25. The van der Waals surface area contributed by atoms with Crippen molar-refractivity contribution in [1.29, 1.82) is 0 Å². The summed E-state index contributed by atoms with van der Waals surface area (Å²) in [6.07, 6.45) is 2.32. The minimum Gasteiger partial charge on any atom is -0.373 e. The van der Waals surface area contributed by atoms with Crippen molar-refractivity contribution in [1.82, 2.24) is 5.32 Å². The molecule has 104 valence electrons. The predicted molar refractivity (Wildman–Crippen MR) is 74.9 cm³/mol. The monoisotopic (exact) mass is 282 g/mol. The lowest BCUT2D eigenvalue weighted by Crippen LogP contribution is -2.39. The lowest BCUT2D eigenvalue weighted by atomic mass is 10.1. The van der Waals surface area contributed by atoms with Gasteiger partial charge < -0.3 is 10.6 Å². The normalized spacial score (nSPS) is 17.6. The molecule has 0 saturated heterocycles. The summed E-state index contributed by atoms with van der Waals surface area (Å²) in [6, 6.07) is 7.58. The van der Waals surface area contributed by atoms with Gasteiger partial charge >= 0.3 is 0 Å². The molecule has 1 aliphatic heterocycles. The van der Waals surface area contributed by atoms with E-state index in [1.807, 2.05) is 24.3 Å². The van der Waals surface area contributed by atoms with E-state index in [1.165, 1.54) is 6.26 Å². The summed E-state index contributed by atoms with van der Waals surface area (Å²) in [5.74, 6) is 0.0238. The van der Waals surface area contributed by atoms with E-state index in [4.69, 9.17) is 0 Å². The fourth-order valence-corrected chi connectivity index (χ4v) is 2.79. The Morgan fingerprint density at radius 3 is 2.84 bits per heavy atom. The predicted octanol–water partition coefficient (Wildman–Crippen LogP) is 0.574. The highest BCUT2D eigenvalue weighted by molar-refractivity contribution is 7.90. The highest BCUT2D eigenvalue weighted by Crippen LogP contribution is 2.24. The second kappa shape index (κ2) is 5.61. The molecule has 2 N–H and O–H groups in total. The van der Waals surface area contributed by atoms with Gasteiger partial charge in [-0.05, 0) is 18.1 Å². The third kappa shape index (κ3) is 3.96. The van der Waals surface area contributed by atoms with Gasteiger partial charge in [0.05, 0.1) is 5.75 Å². The van der Waals surface area contributed by atoms with Crippen LogP contribution in [0.4, 0.5) is 5.69 Å². The van der Waals surface area contributed by atoms with Crippen LogP contribution in [-0.2, 0) is 21.1 Å². The van der Waals surface area contributed by atoms with Crippen LogP contribution in [0.3, 0.4) is 0 Å². The van der Waals surface area contributed by atoms with E-state index >= 15 is 0 Å². The number of hydrogen-bond acceptors (Lipinski definition) is 4. The molecule has 1 amide bonds. The van der Waals surface area contributed by atoms with Gasteiger partial charge in [0.25, 0.3) is 0 Å². The Balaban J connectivity index is 1.77. The Kier molecular flexibility index (Phi) is 4.09. The van der Waals surface area contributed by atoms with Crippen molar-refractivity contribution < 1.29 is 13.2 Å². The maximum absolute atomic E-state index is 11.9. The quantitative estimate of drug-likeness (QED) is 0.774. The zero-order valence-corrected chi connectivity index (χ0v) is 11.7. The summed E-state index contributed by atoms with van der Waals surface area (Å²) in [5, 5.41) is 5.93. The van der Waals surface area contributed by atoms with Crippen molar-refractivity contribution in [2.45, 2.75) is 18.9 Å². The number of benzene rings is 1. The number of rotatable bonds is 5. The van der Waals surface area contributed by atoms with E-state index < -0.39 is 9.84 Å². The van der Waals surface area contributed by atoms with E-state index in [0.717, 1.165) is 11.3 Å². The number of carbonyl (C=O) groups excluding carboxylic acids is 1. The van der Waals surface area contributed by atoms with Crippen LogP contribution in [0.25, 0.3) is 0 Å². The molecule has 1 aromatic carbocycles. The maximum atomic E-state index is 11.9. The minimum atomic E-state index is -2.95. The number of hydrogen-bond donors (Lipinski definition) is 2. The van der Waals surface area contributed by atoms with Gasteiger partial charge in [-0.25, -0.2) is 8.42 Å². The SMILES string of the molecule is CS(=O)(=O)CCCNC(=O)[C@@H]1Cc2ccccc2N1. The zero-order valence-electron chi connectivity index (χ0n) is 10.8. The standard InChI is InChI=1S/C13H18N2O3S/c1-19(17,18)8-4-7-14-13(16)12-9-10-5-2-3-6-11(10)15-12/h2-3,5-6,12,15H,4,7-9H2,1H3,(H,14,16)/t12-/m0/s1. The molecule has 0 aliphatic carbocycles. The van der Waals surface area contributed by atoms with E-state index in [-0.39, 0.29) is 17.7 Å². The molecule has 0 unspecified atom stereocenters. The van der Waals surface area contributed by atoms with Crippen LogP contribution in [0, 0.1) is 0 Å². The molecular formula is C13H18N2O3S. The van der Waals surface area contributed by atoms with Crippen LogP contribution in [0.1, 0.15) is 12.0 Å². The number of amides is 1. The molecule has 0 saturated carbocycles. The third-order valence-electron chi connectivity index (χ3n) is 3.08. The molecule has 1 aliphatic rings. The molecule has 6 heteroatoms. The first-order valence-electron chi connectivity index (χ1n) is 6.25. The van der Waals surface area contributed by atoms with Gasteiger partial charge in [-0.1, -0.05) is 18.2 Å². The van der Waals surface area contributed by atoms with Crippen molar-refractivity contribution in [3.05, 3.63) is 29.8 Å². The molecule has 5 nitrogen and oxygen atoms in total. The molecule has 0 bridgehead atoms. The van der Waals surface area contributed by atoms with E-state index in [1.54, 1.807) is 0 Å². The maximum Gasteiger partial charge on any atom is 0.242 e. The summed E-state index contributed by atoms with van der Waals surface area (Å²) in [6.45, 7) is 0.389. The average molecular weight is 282 g/mol. The van der Waals surface area contributed by atoms with Crippen molar-refractivity contribution >= 4 is 21.4 Å². The fraction of sp³-hybridized carbons (Fsp3) is 0.462. The summed E-state index contributed by atoms with van der Waals surface area (Å²) >= 11 is 0. The molecule has 0 aromatic heterocycles. The number of sulfone groups is 1. The Labute approximate surface area is 113 Å². The van der Waals surface area contributed by atoms with E-state index in [9.17, 15) is 13.2 Å². The van der Waals surface area contributed by atoms with E-state index in [0.29, 0.717) is 19.4 Å². The first-order chi connectivity index (χ1) is 8.96. The Hall–Kier alpha value is -1.56. The second-order valence-electron chi connectivity index (χ2n) is 4.83. The molecule has 1 aromatic rings. The number of nitrogens with one attached hydrogen (secondary N) is 2. The Morgan fingerprint density at radius 2 is 2.16 bits per heavy atom. The van der Waals surface area contributed by atoms with Crippen molar-refractivity contribution in [2.75, 3.05) is 23.9 Å². The van der Waals surface area contributed by atoms with Gasteiger partial charge in [0, 0.05) is 24.9 Å². The summed E-state index contributed by atoms with van der Waals surface area (Å²) in [5.41, 5.74) is 2.14. The summed E-state index contributed by atoms with van der Waals surface area (Å²) < 4.78 is 21.9. The summed E-state index contributed by atoms with van der Waals surface area (Å²) in [7, 11) is -2.95. The number of para-hydroxylation sites is 1. The fourth-order valence-electron chi connectivity index (χ4n) is 2.13. The largest absolute Gasteiger partial charge is 0.373 e. The molecule has 0 radical (unpaired) electrons. The highest BCUT2D eigenvalue weighted by atomic mass is 32.2. The van der Waals surface area contributed by atoms with Gasteiger partial charge in [0.15, 0.2) is 0 Å². The van der Waals surface area contributed by atoms with Gasteiger partial charge in [-0.15, -0.1) is 0 Å². The third-order valence-corrected chi connectivity index (χ3v) is 4.11. The molecule has 2 rings (SSSR count). The van der Waals surface area contributed by atoms with Gasteiger partial charge in [-0.2, -0.15) is 0 Å². The molecular weight excluding hydrogens is 264 g/mol. The molecule has 0 fully saturated rings. The van der Waals surface area contributed by atoms with Crippen molar-refractivity contribution in [3.8, 4) is 0 Å². The van der Waals surface area contributed by atoms with Crippen LogP contribution in [0.5, 0.6) is 0 Å². The lowest BCUT2D eigenvalue weighted by Gasteiger charge is -2.11. The molecule has 1 heterocycles. The van der Waals surface area contributed by atoms with Crippen LogP contribution in [0.15, 0.2) is 24.3 Å². The molecule has 1 atom stereocenters. The number of fused-ring (bicyclic) bond motifs is 1. The molecule has 0 spiro atoms. The van der Waals surface area contributed by atoms with Crippen molar-refractivity contribution in [2.24, 2.45) is 0 Å². The lowest BCUT2D eigenvalue weighted by molar-refractivity contribution is -0.121. The smallest absolute Gasteiger partial charge is 0.242 e.